The Labute approximate surface area is 114 Å². The van der Waals surface area contributed by atoms with Gasteiger partial charge in [-0.05, 0) is 18.2 Å². The first-order valence-electron chi connectivity index (χ1n) is 5.67. The summed E-state index contributed by atoms with van der Waals surface area (Å²) in [5, 5.41) is 16.3. The highest BCUT2D eigenvalue weighted by atomic mass is 19.1. The molecule has 0 aliphatic carbocycles. The summed E-state index contributed by atoms with van der Waals surface area (Å²) >= 11 is 0. The lowest BCUT2D eigenvalue weighted by atomic mass is 10.3. The van der Waals surface area contributed by atoms with Crippen LogP contribution in [0.15, 0.2) is 30.5 Å². The molecule has 0 saturated heterocycles. The van der Waals surface area contributed by atoms with Crippen LogP contribution in [0.4, 0.5) is 20.7 Å². The van der Waals surface area contributed by atoms with E-state index in [0.29, 0.717) is 11.3 Å². The average Bonchev–Trinajstić information content (AvgIpc) is 2.71. The van der Waals surface area contributed by atoms with Gasteiger partial charge in [-0.3, -0.25) is 15.4 Å². The number of amides is 2. The smallest absolute Gasteiger partial charge is 0.324 e. The van der Waals surface area contributed by atoms with Crippen LogP contribution in [0.3, 0.4) is 0 Å². The van der Waals surface area contributed by atoms with E-state index in [-0.39, 0.29) is 11.7 Å². The lowest BCUT2D eigenvalue weighted by Gasteiger charge is -2.09. The topological polar surface area (TPSA) is 109 Å². The van der Waals surface area contributed by atoms with Crippen molar-refractivity contribution >= 4 is 23.4 Å². The molecule has 5 N–H and O–H groups in total. The SMILES string of the molecule is Cn1ncc(C(=N)N)c1NC(=O)Nc1cccc(F)c1. The van der Waals surface area contributed by atoms with Crippen LogP contribution in [0, 0.1) is 11.2 Å². The third-order valence-corrected chi connectivity index (χ3v) is 2.54. The van der Waals surface area contributed by atoms with E-state index in [1.165, 1.54) is 29.1 Å². The molecule has 104 valence electrons. The summed E-state index contributed by atoms with van der Waals surface area (Å²) in [5.74, 6) is -0.377. The minimum atomic E-state index is -0.582. The number of halogens is 1. The Balaban J connectivity index is 2.12. The molecule has 0 aliphatic heterocycles. The van der Waals surface area contributed by atoms with E-state index < -0.39 is 11.8 Å². The molecular formula is C12H13FN6O. The van der Waals surface area contributed by atoms with Gasteiger partial charge in [-0.2, -0.15) is 5.10 Å². The normalized spacial score (nSPS) is 10.1. The molecule has 2 aromatic rings. The number of aryl methyl sites for hydroxylation is 1. The molecule has 0 unspecified atom stereocenters. The standard InChI is InChI=1S/C12H13FN6O/c1-19-11(9(6-16-19)10(14)15)18-12(20)17-8-4-2-3-7(13)5-8/h2-6H,1H3,(H3,14,15)(H2,17,18,20). The molecule has 1 aromatic carbocycles. The van der Waals surface area contributed by atoms with Crippen LogP contribution in [0.5, 0.6) is 0 Å². The summed E-state index contributed by atoms with van der Waals surface area (Å²) in [5.41, 5.74) is 6.01. The maximum Gasteiger partial charge on any atom is 0.324 e. The number of carbonyl (C=O) groups is 1. The van der Waals surface area contributed by atoms with Crippen molar-refractivity contribution in [1.82, 2.24) is 9.78 Å². The van der Waals surface area contributed by atoms with Crippen LogP contribution in [-0.2, 0) is 7.05 Å². The zero-order valence-corrected chi connectivity index (χ0v) is 10.6. The van der Waals surface area contributed by atoms with Crippen molar-refractivity contribution in [3.05, 3.63) is 41.8 Å². The number of urea groups is 1. The number of nitrogens with one attached hydrogen (secondary N) is 3. The zero-order valence-electron chi connectivity index (χ0n) is 10.6. The maximum atomic E-state index is 13.0. The van der Waals surface area contributed by atoms with Crippen molar-refractivity contribution in [1.29, 1.82) is 5.41 Å². The molecule has 1 heterocycles. The van der Waals surface area contributed by atoms with Crippen LogP contribution in [0.2, 0.25) is 0 Å². The minimum absolute atomic E-state index is 0.209. The summed E-state index contributed by atoms with van der Waals surface area (Å²) in [6.45, 7) is 0. The first kappa shape index (κ1) is 13.5. The Bertz CT molecular complexity index is 666. The van der Waals surface area contributed by atoms with Gasteiger partial charge in [-0.25, -0.2) is 9.18 Å². The van der Waals surface area contributed by atoms with Gasteiger partial charge in [0.15, 0.2) is 0 Å². The van der Waals surface area contributed by atoms with E-state index in [4.69, 9.17) is 11.1 Å². The molecule has 0 atom stereocenters. The third-order valence-electron chi connectivity index (χ3n) is 2.54. The second kappa shape index (κ2) is 5.39. The molecule has 20 heavy (non-hydrogen) atoms. The fraction of sp³-hybridized carbons (Fsp3) is 0.0833. The first-order chi connectivity index (χ1) is 9.47. The molecule has 0 spiro atoms. The van der Waals surface area contributed by atoms with Crippen molar-refractivity contribution < 1.29 is 9.18 Å². The van der Waals surface area contributed by atoms with Gasteiger partial charge in [-0.1, -0.05) is 6.07 Å². The largest absolute Gasteiger partial charge is 0.384 e. The van der Waals surface area contributed by atoms with Gasteiger partial charge in [0, 0.05) is 12.7 Å². The third kappa shape index (κ3) is 2.91. The number of nitrogens with zero attached hydrogens (tertiary/aromatic N) is 2. The fourth-order valence-electron chi connectivity index (χ4n) is 1.62. The molecule has 2 rings (SSSR count). The quantitative estimate of drug-likeness (QED) is 0.503. The number of aromatic nitrogens is 2. The average molecular weight is 276 g/mol. The van der Waals surface area contributed by atoms with Crippen molar-refractivity contribution in [2.24, 2.45) is 12.8 Å². The van der Waals surface area contributed by atoms with E-state index in [9.17, 15) is 9.18 Å². The Morgan fingerprint density at radius 1 is 1.45 bits per heavy atom. The second-order valence-corrected chi connectivity index (χ2v) is 4.03. The van der Waals surface area contributed by atoms with Crippen molar-refractivity contribution in [3.8, 4) is 0 Å². The highest BCUT2D eigenvalue weighted by Gasteiger charge is 2.14. The lowest BCUT2D eigenvalue weighted by Crippen LogP contribution is -2.23. The van der Waals surface area contributed by atoms with Gasteiger partial charge in [0.25, 0.3) is 0 Å². The van der Waals surface area contributed by atoms with Gasteiger partial charge in [0.2, 0.25) is 0 Å². The number of benzene rings is 1. The van der Waals surface area contributed by atoms with Crippen molar-refractivity contribution in [2.45, 2.75) is 0 Å². The number of carbonyl (C=O) groups excluding carboxylic acids is 1. The summed E-state index contributed by atoms with van der Waals surface area (Å²) in [7, 11) is 1.60. The van der Waals surface area contributed by atoms with Gasteiger partial charge < -0.3 is 11.1 Å². The number of rotatable bonds is 3. The van der Waals surface area contributed by atoms with Gasteiger partial charge in [0.1, 0.15) is 17.5 Å². The number of amidine groups is 1. The van der Waals surface area contributed by atoms with Crippen LogP contribution in [0.1, 0.15) is 5.56 Å². The van der Waals surface area contributed by atoms with Crippen LogP contribution in [0.25, 0.3) is 0 Å². The predicted octanol–water partition coefficient (Wildman–Crippen LogP) is 1.49. The fourth-order valence-corrected chi connectivity index (χ4v) is 1.62. The summed E-state index contributed by atoms with van der Waals surface area (Å²) in [6, 6.07) is 4.92. The van der Waals surface area contributed by atoms with Gasteiger partial charge >= 0.3 is 6.03 Å². The Kier molecular flexibility index (Phi) is 3.65. The Morgan fingerprint density at radius 3 is 2.85 bits per heavy atom. The molecule has 7 nitrogen and oxygen atoms in total. The zero-order chi connectivity index (χ0) is 14.7. The van der Waals surface area contributed by atoms with Crippen LogP contribution in [-0.4, -0.2) is 21.6 Å². The second-order valence-electron chi connectivity index (χ2n) is 4.03. The molecule has 2 amide bonds. The Morgan fingerprint density at radius 2 is 2.20 bits per heavy atom. The Hall–Kier alpha value is -2.90. The molecule has 1 aromatic heterocycles. The van der Waals surface area contributed by atoms with E-state index in [1.807, 2.05) is 0 Å². The van der Waals surface area contributed by atoms with E-state index in [2.05, 4.69) is 15.7 Å². The number of hydrogen-bond acceptors (Lipinski definition) is 3. The number of hydrogen-bond donors (Lipinski definition) is 4. The molecule has 0 radical (unpaired) electrons. The summed E-state index contributed by atoms with van der Waals surface area (Å²) in [6.07, 6.45) is 1.38. The van der Waals surface area contributed by atoms with Crippen LogP contribution < -0.4 is 16.4 Å². The van der Waals surface area contributed by atoms with Crippen molar-refractivity contribution in [3.63, 3.8) is 0 Å². The van der Waals surface area contributed by atoms with E-state index in [0.717, 1.165) is 0 Å². The first-order valence-corrected chi connectivity index (χ1v) is 5.67. The predicted molar refractivity (Wildman–Crippen MR) is 73.3 cm³/mol. The van der Waals surface area contributed by atoms with Gasteiger partial charge in [0.05, 0.1) is 11.8 Å². The molecule has 0 saturated carbocycles. The van der Waals surface area contributed by atoms with E-state index in [1.54, 1.807) is 13.1 Å². The maximum absolute atomic E-state index is 13.0. The highest BCUT2D eigenvalue weighted by Crippen LogP contribution is 2.14. The van der Waals surface area contributed by atoms with E-state index >= 15 is 0 Å². The molecular weight excluding hydrogens is 263 g/mol. The lowest BCUT2D eigenvalue weighted by molar-refractivity contribution is 0.262. The molecule has 8 heteroatoms. The highest BCUT2D eigenvalue weighted by molar-refractivity contribution is 6.05. The summed E-state index contributed by atoms with van der Waals surface area (Å²) in [4.78, 5) is 11.8. The molecule has 0 fully saturated rings. The molecule has 0 aliphatic rings. The van der Waals surface area contributed by atoms with Crippen LogP contribution >= 0.6 is 0 Å². The van der Waals surface area contributed by atoms with Crippen molar-refractivity contribution in [2.75, 3.05) is 10.6 Å². The number of nitrogen functional groups attached to an aromatic ring is 1. The molecule has 0 bridgehead atoms. The van der Waals surface area contributed by atoms with Gasteiger partial charge in [-0.15, -0.1) is 0 Å². The number of nitrogens with two attached hydrogens (primary N) is 1. The monoisotopic (exact) mass is 276 g/mol. The minimum Gasteiger partial charge on any atom is -0.384 e. The summed E-state index contributed by atoms with van der Waals surface area (Å²) < 4.78 is 14.4. The number of anilines is 2.